The molecule has 0 fully saturated rings. The lowest BCUT2D eigenvalue weighted by atomic mass is 10.2. The Morgan fingerprint density at radius 1 is 1.32 bits per heavy atom. The maximum absolute atomic E-state index is 11.8. The number of pyridine rings is 3. The largest absolute Gasteiger partial charge is 0.481 e. The minimum absolute atomic E-state index is 0.265. The number of aliphatic hydroxyl groups is 1. The third-order valence-electron chi connectivity index (χ3n) is 3.00. The van der Waals surface area contributed by atoms with Crippen LogP contribution in [0.3, 0.4) is 0 Å². The molecule has 1 N–H and O–H groups in total. The first-order valence-electron chi connectivity index (χ1n) is 5.69. The molecule has 3 heterocycles. The van der Waals surface area contributed by atoms with Crippen molar-refractivity contribution in [2.75, 3.05) is 7.11 Å². The number of rotatable bonds is 2. The summed E-state index contributed by atoms with van der Waals surface area (Å²) in [5, 5.41) is 10.8. The molecule has 19 heavy (non-hydrogen) atoms. The number of aliphatic hydroxyl groups excluding tert-OH is 1. The lowest BCUT2D eigenvalue weighted by Gasteiger charge is -2.09. The minimum Gasteiger partial charge on any atom is -0.481 e. The quantitative estimate of drug-likeness (QED) is 0.690. The minimum atomic E-state index is -0.388. The number of aromatic nitrogens is 3. The van der Waals surface area contributed by atoms with Crippen molar-refractivity contribution >= 4 is 21.9 Å². The summed E-state index contributed by atoms with van der Waals surface area (Å²) in [4.78, 5) is 20.2. The summed E-state index contributed by atoms with van der Waals surface area (Å²) < 4.78 is 6.33. The van der Waals surface area contributed by atoms with Crippen LogP contribution in [0.25, 0.3) is 21.9 Å². The van der Waals surface area contributed by atoms with E-state index in [9.17, 15) is 9.90 Å². The molecule has 3 aromatic heterocycles. The van der Waals surface area contributed by atoms with Crippen molar-refractivity contribution in [3.05, 3.63) is 40.8 Å². The maximum Gasteiger partial charge on any atom is 0.252 e. The third-order valence-corrected chi connectivity index (χ3v) is 3.00. The standard InChI is InChI=1S/C13H11N3O3/c1-19-10-4-3-9-12-8(6-14-13(9)15-10)2-5-11(18)16(12)7-17/h2-6,17H,7H2,1H3. The second-order valence-corrected chi connectivity index (χ2v) is 4.03. The highest BCUT2D eigenvalue weighted by Crippen LogP contribution is 2.22. The van der Waals surface area contributed by atoms with Gasteiger partial charge in [0.15, 0.2) is 5.65 Å². The maximum atomic E-state index is 11.8. The Morgan fingerprint density at radius 2 is 2.16 bits per heavy atom. The molecule has 0 aromatic carbocycles. The van der Waals surface area contributed by atoms with E-state index in [0.29, 0.717) is 22.4 Å². The average molecular weight is 257 g/mol. The Kier molecular flexibility index (Phi) is 2.64. The Balaban J connectivity index is 2.51. The predicted octanol–water partition coefficient (Wildman–Crippen LogP) is 0.903. The first-order valence-corrected chi connectivity index (χ1v) is 5.69. The second kappa shape index (κ2) is 4.33. The molecule has 0 saturated carbocycles. The summed E-state index contributed by atoms with van der Waals surface area (Å²) in [6.07, 6.45) is 1.62. The van der Waals surface area contributed by atoms with E-state index in [2.05, 4.69) is 9.97 Å². The van der Waals surface area contributed by atoms with Gasteiger partial charge in [-0.15, -0.1) is 0 Å². The van der Waals surface area contributed by atoms with Gasteiger partial charge in [-0.05, 0) is 12.1 Å². The van der Waals surface area contributed by atoms with E-state index in [1.165, 1.54) is 17.7 Å². The fraction of sp³-hybridized carbons (Fsp3) is 0.154. The van der Waals surface area contributed by atoms with Gasteiger partial charge in [0.25, 0.3) is 5.56 Å². The zero-order valence-corrected chi connectivity index (χ0v) is 10.2. The molecule has 3 rings (SSSR count). The summed E-state index contributed by atoms with van der Waals surface area (Å²) >= 11 is 0. The summed E-state index contributed by atoms with van der Waals surface area (Å²) in [7, 11) is 1.53. The molecule has 6 heteroatoms. The number of ether oxygens (including phenoxy) is 1. The van der Waals surface area contributed by atoms with Crippen molar-refractivity contribution in [1.29, 1.82) is 0 Å². The fourth-order valence-corrected chi connectivity index (χ4v) is 2.10. The van der Waals surface area contributed by atoms with Crippen LogP contribution in [-0.4, -0.2) is 26.8 Å². The summed E-state index contributed by atoms with van der Waals surface area (Å²) in [6, 6.07) is 6.56. The van der Waals surface area contributed by atoms with Crippen LogP contribution in [-0.2, 0) is 6.73 Å². The van der Waals surface area contributed by atoms with Crippen LogP contribution in [0.1, 0.15) is 0 Å². The van der Waals surface area contributed by atoms with E-state index in [1.54, 1.807) is 24.4 Å². The van der Waals surface area contributed by atoms with E-state index >= 15 is 0 Å². The molecule has 0 atom stereocenters. The van der Waals surface area contributed by atoms with E-state index in [-0.39, 0.29) is 12.3 Å². The van der Waals surface area contributed by atoms with Gasteiger partial charge in [-0.2, -0.15) is 4.98 Å². The summed E-state index contributed by atoms with van der Waals surface area (Å²) in [5.74, 6) is 0.452. The number of hydrogen-bond acceptors (Lipinski definition) is 5. The first kappa shape index (κ1) is 11.6. The number of nitrogens with zero attached hydrogens (tertiary/aromatic N) is 3. The van der Waals surface area contributed by atoms with Crippen molar-refractivity contribution in [2.24, 2.45) is 0 Å². The fourth-order valence-electron chi connectivity index (χ4n) is 2.10. The molecule has 0 spiro atoms. The van der Waals surface area contributed by atoms with E-state index in [0.717, 1.165) is 5.39 Å². The van der Waals surface area contributed by atoms with Gasteiger partial charge < -0.3 is 9.84 Å². The molecule has 3 aromatic rings. The van der Waals surface area contributed by atoms with Crippen molar-refractivity contribution in [3.8, 4) is 5.88 Å². The lowest BCUT2D eigenvalue weighted by molar-refractivity contribution is 0.211. The SMILES string of the molecule is COc1ccc2c(ncc3ccc(=O)n(CO)c32)n1. The number of methoxy groups -OCH3 is 1. The van der Waals surface area contributed by atoms with Crippen LogP contribution in [0, 0.1) is 0 Å². The molecule has 0 unspecified atom stereocenters. The van der Waals surface area contributed by atoms with E-state index in [4.69, 9.17) is 4.74 Å². The van der Waals surface area contributed by atoms with Gasteiger partial charge in [0.1, 0.15) is 6.73 Å². The van der Waals surface area contributed by atoms with E-state index in [1.807, 2.05) is 0 Å². The molecule has 96 valence electrons. The van der Waals surface area contributed by atoms with Crippen molar-refractivity contribution in [2.45, 2.75) is 6.73 Å². The predicted molar refractivity (Wildman–Crippen MR) is 70.1 cm³/mol. The molecular formula is C13H11N3O3. The van der Waals surface area contributed by atoms with Crippen molar-refractivity contribution in [3.63, 3.8) is 0 Å². The van der Waals surface area contributed by atoms with Crippen LogP contribution >= 0.6 is 0 Å². The van der Waals surface area contributed by atoms with Crippen LogP contribution < -0.4 is 10.3 Å². The van der Waals surface area contributed by atoms with Crippen LogP contribution in [0.2, 0.25) is 0 Å². The van der Waals surface area contributed by atoms with Gasteiger partial charge in [0.05, 0.1) is 12.6 Å². The zero-order valence-electron chi connectivity index (χ0n) is 10.2. The molecule has 0 saturated heterocycles. The molecule has 0 aliphatic rings. The monoisotopic (exact) mass is 257 g/mol. The smallest absolute Gasteiger partial charge is 0.252 e. The van der Waals surface area contributed by atoms with Crippen molar-refractivity contribution < 1.29 is 9.84 Å². The number of hydrogen-bond donors (Lipinski definition) is 1. The van der Waals surface area contributed by atoms with Gasteiger partial charge in [-0.3, -0.25) is 9.36 Å². The van der Waals surface area contributed by atoms with Gasteiger partial charge in [0, 0.05) is 29.1 Å². The van der Waals surface area contributed by atoms with E-state index < -0.39 is 0 Å². The Labute approximate surface area is 107 Å². The Hall–Kier alpha value is -2.47. The molecule has 0 aliphatic carbocycles. The molecule has 0 aliphatic heterocycles. The Bertz CT molecular complexity index is 826. The van der Waals surface area contributed by atoms with Gasteiger partial charge in [0.2, 0.25) is 5.88 Å². The molecule has 0 bridgehead atoms. The highest BCUT2D eigenvalue weighted by atomic mass is 16.5. The molecule has 6 nitrogen and oxygen atoms in total. The zero-order chi connectivity index (χ0) is 13.4. The molecule has 0 amide bonds. The van der Waals surface area contributed by atoms with Gasteiger partial charge in [-0.25, -0.2) is 4.98 Å². The Morgan fingerprint density at radius 3 is 2.89 bits per heavy atom. The highest BCUT2D eigenvalue weighted by molar-refractivity contribution is 6.01. The van der Waals surface area contributed by atoms with Crippen LogP contribution in [0.15, 0.2) is 35.3 Å². The average Bonchev–Trinajstić information content (AvgIpc) is 2.46. The summed E-state index contributed by atoms with van der Waals surface area (Å²) in [5.41, 5.74) is 0.827. The normalized spacial score (nSPS) is 11.1. The van der Waals surface area contributed by atoms with Gasteiger partial charge >= 0.3 is 0 Å². The first-order chi connectivity index (χ1) is 9.24. The third kappa shape index (κ3) is 1.73. The highest BCUT2D eigenvalue weighted by Gasteiger charge is 2.09. The second-order valence-electron chi connectivity index (χ2n) is 4.03. The molecular weight excluding hydrogens is 246 g/mol. The number of fused-ring (bicyclic) bond motifs is 3. The van der Waals surface area contributed by atoms with Crippen molar-refractivity contribution in [1.82, 2.24) is 14.5 Å². The van der Waals surface area contributed by atoms with Gasteiger partial charge in [-0.1, -0.05) is 0 Å². The topological polar surface area (TPSA) is 77.2 Å². The lowest BCUT2D eigenvalue weighted by Crippen LogP contribution is -2.19. The van der Waals surface area contributed by atoms with Crippen LogP contribution in [0.5, 0.6) is 5.88 Å². The summed E-state index contributed by atoms with van der Waals surface area (Å²) in [6.45, 7) is -0.388. The van der Waals surface area contributed by atoms with Crippen LogP contribution in [0.4, 0.5) is 0 Å². The molecule has 0 radical (unpaired) electrons.